The molecule has 0 radical (unpaired) electrons. The van der Waals surface area contributed by atoms with Gasteiger partial charge in [-0.05, 0) is 30.4 Å². The topological polar surface area (TPSA) is 42.0 Å². The number of carbonyl (C=O) groups is 1. The van der Waals surface area contributed by atoms with Gasteiger partial charge in [-0.2, -0.15) is 0 Å². The molecule has 0 amide bonds. The number of nitrogens with zero attached hydrogens (tertiary/aromatic N) is 1. The second kappa shape index (κ2) is 5.54. The minimum Gasteiger partial charge on any atom is -0.379 e. The molecule has 4 rings (SSSR count). The highest BCUT2D eigenvalue weighted by atomic mass is 32.1. The zero-order chi connectivity index (χ0) is 14.9. The lowest BCUT2D eigenvalue weighted by Gasteiger charge is -2.20. The molecule has 0 atom stereocenters. The molecule has 3 nitrogen and oxygen atoms in total. The maximum atomic E-state index is 12.4. The summed E-state index contributed by atoms with van der Waals surface area (Å²) in [6.45, 7) is 0.741. The summed E-state index contributed by atoms with van der Waals surface area (Å²) in [5.74, 6) is 0.216. The van der Waals surface area contributed by atoms with Crippen LogP contribution in [0.3, 0.4) is 0 Å². The molecular weight excluding hydrogens is 292 g/mol. The molecule has 110 valence electrons. The first-order valence-electron chi connectivity index (χ1n) is 7.54. The number of aromatic nitrogens is 1. The average molecular weight is 308 g/mol. The van der Waals surface area contributed by atoms with E-state index in [2.05, 4.69) is 16.8 Å². The third-order valence-corrected chi connectivity index (χ3v) is 4.96. The predicted molar refractivity (Wildman–Crippen MR) is 90.7 cm³/mol. The van der Waals surface area contributed by atoms with Crippen LogP contribution in [-0.4, -0.2) is 10.8 Å². The Balaban J connectivity index is 1.85. The van der Waals surface area contributed by atoms with Crippen LogP contribution in [0.1, 0.15) is 33.8 Å². The number of Topliss-reactive ketones (excluding diaryl/α,β-unsaturated/α-hetero) is 1. The number of anilines is 1. The number of aryl methyl sites for hydroxylation is 1. The monoisotopic (exact) mass is 308 g/mol. The van der Waals surface area contributed by atoms with Crippen LogP contribution in [0, 0.1) is 0 Å². The largest absolute Gasteiger partial charge is 0.379 e. The summed E-state index contributed by atoms with van der Waals surface area (Å²) in [6.07, 6.45) is 2.42. The van der Waals surface area contributed by atoms with E-state index in [-0.39, 0.29) is 5.78 Å². The van der Waals surface area contributed by atoms with Crippen molar-refractivity contribution in [3.05, 3.63) is 57.9 Å². The number of benzene rings is 1. The fourth-order valence-electron chi connectivity index (χ4n) is 3.06. The van der Waals surface area contributed by atoms with Crippen molar-refractivity contribution in [2.75, 3.05) is 5.32 Å². The van der Waals surface area contributed by atoms with Crippen LogP contribution in [0.4, 0.5) is 5.69 Å². The number of para-hydroxylation sites is 1. The van der Waals surface area contributed by atoms with Crippen molar-refractivity contribution in [3.63, 3.8) is 0 Å². The Morgan fingerprint density at radius 1 is 1.14 bits per heavy atom. The highest BCUT2D eigenvalue weighted by molar-refractivity contribution is 7.09. The summed E-state index contributed by atoms with van der Waals surface area (Å²) in [6, 6.07) is 12.2. The molecule has 22 heavy (non-hydrogen) atoms. The van der Waals surface area contributed by atoms with Crippen LogP contribution < -0.4 is 5.32 Å². The lowest BCUT2D eigenvalue weighted by molar-refractivity contribution is 0.0972. The van der Waals surface area contributed by atoms with E-state index < -0.39 is 0 Å². The average Bonchev–Trinajstić information content (AvgIpc) is 3.05. The van der Waals surface area contributed by atoms with Gasteiger partial charge in [0.05, 0.1) is 22.5 Å². The second-order valence-corrected chi connectivity index (χ2v) is 6.57. The highest BCUT2D eigenvalue weighted by Gasteiger charge is 2.24. The van der Waals surface area contributed by atoms with Crippen LogP contribution in [0.15, 0.2) is 41.8 Å². The van der Waals surface area contributed by atoms with Crippen molar-refractivity contribution >= 4 is 33.7 Å². The van der Waals surface area contributed by atoms with E-state index in [1.165, 1.54) is 4.88 Å². The van der Waals surface area contributed by atoms with E-state index in [9.17, 15) is 4.79 Å². The Kier molecular flexibility index (Phi) is 3.39. The van der Waals surface area contributed by atoms with Gasteiger partial charge in [0, 0.05) is 23.2 Å². The lowest BCUT2D eigenvalue weighted by atomic mass is 9.91. The minimum absolute atomic E-state index is 0.216. The van der Waals surface area contributed by atoms with E-state index in [0.29, 0.717) is 6.42 Å². The number of carbonyl (C=O) groups excluding carboxylic acids is 1. The van der Waals surface area contributed by atoms with Crippen molar-refractivity contribution in [2.45, 2.75) is 25.8 Å². The smallest absolute Gasteiger partial charge is 0.166 e. The Morgan fingerprint density at radius 2 is 2.05 bits per heavy atom. The van der Waals surface area contributed by atoms with Crippen molar-refractivity contribution in [3.8, 4) is 0 Å². The van der Waals surface area contributed by atoms with E-state index in [1.807, 2.05) is 30.3 Å². The quantitative estimate of drug-likeness (QED) is 0.778. The van der Waals surface area contributed by atoms with Crippen LogP contribution in [0.2, 0.25) is 0 Å². The van der Waals surface area contributed by atoms with Gasteiger partial charge in [-0.25, -0.2) is 0 Å². The third kappa shape index (κ3) is 2.29. The molecule has 1 aliphatic carbocycles. The first kappa shape index (κ1) is 13.5. The molecule has 1 aliphatic rings. The van der Waals surface area contributed by atoms with E-state index in [4.69, 9.17) is 4.98 Å². The molecule has 1 N–H and O–H groups in total. The van der Waals surface area contributed by atoms with Crippen LogP contribution >= 0.6 is 11.3 Å². The predicted octanol–water partition coefficient (Wildman–Crippen LogP) is 4.43. The number of rotatable bonds is 3. The number of pyridine rings is 1. The van der Waals surface area contributed by atoms with Gasteiger partial charge in [-0.1, -0.05) is 24.3 Å². The molecule has 0 bridgehead atoms. The standard InChI is InChI=1S/C18H16N2OS/c21-16-9-3-8-15-17(16)18(19-11-12-5-4-10-22-12)13-6-1-2-7-14(13)20-15/h1-2,4-7,10H,3,8-9,11H2,(H,19,20). The van der Waals surface area contributed by atoms with Gasteiger partial charge >= 0.3 is 0 Å². The molecule has 0 unspecified atom stereocenters. The Labute approximate surface area is 133 Å². The third-order valence-electron chi connectivity index (χ3n) is 4.08. The maximum absolute atomic E-state index is 12.4. The Hall–Kier alpha value is -2.20. The van der Waals surface area contributed by atoms with Crippen molar-refractivity contribution in [1.29, 1.82) is 0 Å². The Bertz CT molecular complexity index is 840. The first-order valence-corrected chi connectivity index (χ1v) is 8.42. The molecule has 0 saturated carbocycles. The second-order valence-electron chi connectivity index (χ2n) is 5.54. The van der Waals surface area contributed by atoms with Crippen molar-refractivity contribution in [2.24, 2.45) is 0 Å². The van der Waals surface area contributed by atoms with Crippen molar-refractivity contribution < 1.29 is 4.79 Å². The number of fused-ring (bicyclic) bond motifs is 2. The molecule has 1 aromatic carbocycles. The van der Waals surface area contributed by atoms with Gasteiger partial charge < -0.3 is 5.32 Å². The summed E-state index contributed by atoms with van der Waals surface area (Å²) >= 11 is 1.72. The SMILES string of the molecule is O=C1CCCc2nc3ccccc3c(NCc3cccs3)c21. The van der Waals surface area contributed by atoms with E-state index in [1.54, 1.807) is 11.3 Å². The Morgan fingerprint density at radius 3 is 2.91 bits per heavy atom. The van der Waals surface area contributed by atoms with Gasteiger partial charge in [0.2, 0.25) is 0 Å². The highest BCUT2D eigenvalue weighted by Crippen LogP contribution is 2.33. The van der Waals surface area contributed by atoms with Gasteiger partial charge in [0.25, 0.3) is 0 Å². The zero-order valence-corrected chi connectivity index (χ0v) is 13.0. The molecule has 2 aromatic heterocycles. The molecule has 0 aliphatic heterocycles. The normalized spacial score (nSPS) is 14.1. The fourth-order valence-corrected chi connectivity index (χ4v) is 3.70. The first-order chi connectivity index (χ1) is 10.8. The zero-order valence-electron chi connectivity index (χ0n) is 12.1. The molecule has 0 saturated heterocycles. The molecule has 0 fully saturated rings. The summed E-state index contributed by atoms with van der Waals surface area (Å²) < 4.78 is 0. The van der Waals surface area contributed by atoms with Gasteiger partial charge in [-0.3, -0.25) is 9.78 Å². The number of hydrogen-bond donors (Lipinski definition) is 1. The molecule has 0 spiro atoms. The number of nitrogens with one attached hydrogen (secondary N) is 1. The maximum Gasteiger partial charge on any atom is 0.166 e. The van der Waals surface area contributed by atoms with E-state index in [0.717, 1.165) is 47.2 Å². The lowest BCUT2D eigenvalue weighted by Crippen LogP contribution is -2.16. The van der Waals surface area contributed by atoms with Gasteiger partial charge in [0.15, 0.2) is 5.78 Å². The van der Waals surface area contributed by atoms with Gasteiger partial charge in [0.1, 0.15) is 0 Å². The minimum atomic E-state index is 0.216. The molecule has 3 aromatic rings. The van der Waals surface area contributed by atoms with Crippen LogP contribution in [-0.2, 0) is 13.0 Å². The molecule has 2 heterocycles. The van der Waals surface area contributed by atoms with Crippen LogP contribution in [0.5, 0.6) is 0 Å². The number of thiophene rings is 1. The van der Waals surface area contributed by atoms with Gasteiger partial charge in [-0.15, -0.1) is 11.3 Å². The molecular formula is C18H16N2OS. The summed E-state index contributed by atoms with van der Waals surface area (Å²) in [5, 5.41) is 6.61. The summed E-state index contributed by atoms with van der Waals surface area (Å²) in [7, 11) is 0. The number of ketones is 1. The summed E-state index contributed by atoms with van der Waals surface area (Å²) in [5.41, 5.74) is 3.67. The van der Waals surface area contributed by atoms with Crippen LogP contribution in [0.25, 0.3) is 10.9 Å². The summed E-state index contributed by atoms with van der Waals surface area (Å²) in [4.78, 5) is 18.4. The fraction of sp³-hybridized carbons (Fsp3) is 0.222. The molecule has 4 heteroatoms. The number of hydrogen-bond acceptors (Lipinski definition) is 4. The van der Waals surface area contributed by atoms with Crippen molar-refractivity contribution in [1.82, 2.24) is 4.98 Å². The van der Waals surface area contributed by atoms with E-state index >= 15 is 0 Å².